The van der Waals surface area contributed by atoms with E-state index in [1.807, 2.05) is 0 Å². The maximum atomic E-state index is 12.8. The van der Waals surface area contributed by atoms with Crippen LogP contribution in [0.4, 0.5) is 5.95 Å². The molecule has 0 amide bonds. The van der Waals surface area contributed by atoms with Gasteiger partial charge in [0.05, 0.1) is 25.3 Å². The summed E-state index contributed by atoms with van der Waals surface area (Å²) in [6.45, 7) is 2.68. The monoisotopic (exact) mass is 478 g/mol. The Morgan fingerprint density at radius 3 is 2.73 bits per heavy atom. The Labute approximate surface area is 182 Å². The number of aromatic nitrogens is 4. The first-order chi connectivity index (χ1) is 14.5. The number of ketones is 1. The summed E-state index contributed by atoms with van der Waals surface area (Å²) in [7, 11) is 3.05. The molecule has 2 aromatic heterocycles. The molecule has 0 bridgehead atoms. The Bertz CT molecular complexity index is 1050. The molecule has 2 heterocycles. The molecule has 0 aliphatic rings. The van der Waals surface area contributed by atoms with Crippen LogP contribution in [-0.4, -0.2) is 41.3 Å². The predicted molar refractivity (Wildman–Crippen MR) is 114 cm³/mol. The molecule has 0 aliphatic heterocycles. The first-order valence-electron chi connectivity index (χ1n) is 9.61. The number of methoxy groups -OCH3 is 2. The van der Waals surface area contributed by atoms with Crippen LogP contribution in [0.1, 0.15) is 36.5 Å². The highest BCUT2D eigenvalue weighted by atomic mass is 79.9. The number of rotatable bonds is 10. The average Bonchev–Trinajstić information content (AvgIpc) is 3.05. The molecule has 0 saturated heterocycles. The molecule has 0 radical (unpaired) electrons. The third-order valence-corrected chi connectivity index (χ3v) is 5.13. The van der Waals surface area contributed by atoms with Gasteiger partial charge < -0.3 is 14.2 Å². The first kappa shape index (κ1) is 21.8. The van der Waals surface area contributed by atoms with Crippen LogP contribution < -0.4 is 24.6 Å². The van der Waals surface area contributed by atoms with Crippen molar-refractivity contribution in [3.8, 4) is 17.4 Å². The van der Waals surface area contributed by atoms with Gasteiger partial charge in [0.25, 0.3) is 5.65 Å². The lowest BCUT2D eigenvalue weighted by Gasteiger charge is -2.11. The zero-order valence-electron chi connectivity index (χ0n) is 17.2. The highest BCUT2D eigenvalue weighted by Crippen LogP contribution is 2.36. The van der Waals surface area contributed by atoms with Gasteiger partial charge in [-0.15, -0.1) is 4.68 Å². The summed E-state index contributed by atoms with van der Waals surface area (Å²) in [6, 6.07) is 6.80. The minimum Gasteiger partial charge on any atom is -0.493 e. The predicted octanol–water partition coefficient (Wildman–Crippen LogP) is 2.83. The van der Waals surface area contributed by atoms with Gasteiger partial charge in [-0.1, -0.05) is 34.5 Å². The van der Waals surface area contributed by atoms with Crippen LogP contribution in [-0.2, 0) is 6.54 Å². The van der Waals surface area contributed by atoms with Crippen LogP contribution in [0.25, 0.3) is 5.65 Å². The van der Waals surface area contributed by atoms with Crippen molar-refractivity contribution in [1.29, 1.82) is 0 Å². The molecule has 0 spiro atoms. The van der Waals surface area contributed by atoms with E-state index in [0.717, 1.165) is 19.3 Å². The fraction of sp³-hybridized carbons (Fsp3) is 0.400. The number of nitrogens with zero attached hydrogens (tertiary/aromatic N) is 4. The molecule has 0 atom stereocenters. The molecule has 0 unspecified atom stereocenters. The third-order valence-electron chi connectivity index (χ3n) is 4.54. The Morgan fingerprint density at radius 1 is 1.23 bits per heavy atom. The lowest BCUT2D eigenvalue weighted by molar-refractivity contribution is -0.723. The molecule has 0 fully saturated rings. The van der Waals surface area contributed by atoms with Gasteiger partial charge in [-0.25, -0.2) is 0 Å². The Hall–Kier alpha value is -2.88. The number of fused-ring (bicyclic) bond motifs is 1. The Balaban J connectivity index is 1.81. The molecular weight excluding hydrogens is 454 g/mol. The number of ether oxygens (including phenoxy) is 3. The van der Waals surface area contributed by atoms with E-state index >= 15 is 0 Å². The quantitative estimate of drug-likeness (QED) is 0.271. The van der Waals surface area contributed by atoms with Crippen molar-refractivity contribution in [3.05, 3.63) is 34.3 Å². The molecule has 9 nitrogen and oxygen atoms in total. The minimum atomic E-state index is -0.187. The number of Topliss-reactive ketones (excluding diaryl/α,β-unsaturated/α-hetero) is 1. The van der Waals surface area contributed by atoms with Gasteiger partial charge in [0.2, 0.25) is 5.88 Å². The molecule has 2 N–H and O–H groups in total. The number of benzene rings is 1. The van der Waals surface area contributed by atoms with E-state index in [1.54, 1.807) is 24.3 Å². The van der Waals surface area contributed by atoms with Gasteiger partial charge in [-0.05, 0) is 34.5 Å². The van der Waals surface area contributed by atoms with Crippen LogP contribution in [0.3, 0.4) is 0 Å². The van der Waals surface area contributed by atoms with Crippen LogP contribution in [0.2, 0.25) is 0 Å². The second-order valence-corrected chi connectivity index (χ2v) is 7.48. The van der Waals surface area contributed by atoms with Crippen LogP contribution >= 0.6 is 15.9 Å². The number of nitrogens with two attached hydrogens (primary N) is 1. The van der Waals surface area contributed by atoms with Crippen LogP contribution in [0, 0.1) is 0 Å². The van der Waals surface area contributed by atoms with Crippen molar-refractivity contribution < 1.29 is 23.7 Å². The summed E-state index contributed by atoms with van der Waals surface area (Å²) in [4.78, 5) is 12.8. The van der Waals surface area contributed by atoms with Gasteiger partial charge in [0, 0.05) is 17.7 Å². The normalized spacial score (nSPS) is 10.9. The number of hydrogen-bond donors (Lipinski definition) is 1. The fourth-order valence-corrected chi connectivity index (χ4v) is 3.56. The van der Waals surface area contributed by atoms with E-state index in [4.69, 9.17) is 19.9 Å². The summed E-state index contributed by atoms with van der Waals surface area (Å²) in [5, 5.41) is 8.74. The van der Waals surface area contributed by atoms with E-state index in [-0.39, 0.29) is 18.3 Å². The smallest absolute Gasteiger partial charge is 0.401 e. The van der Waals surface area contributed by atoms with E-state index in [9.17, 15) is 4.79 Å². The van der Waals surface area contributed by atoms with E-state index in [1.165, 1.54) is 23.4 Å². The molecule has 3 aromatic rings. The summed E-state index contributed by atoms with van der Waals surface area (Å²) >= 11 is 3.40. The number of anilines is 1. The van der Waals surface area contributed by atoms with Crippen LogP contribution in [0.15, 0.2) is 28.7 Å². The third kappa shape index (κ3) is 4.64. The maximum Gasteiger partial charge on any atom is 0.401 e. The summed E-state index contributed by atoms with van der Waals surface area (Å²) < 4.78 is 19.8. The molecule has 0 aliphatic carbocycles. The highest BCUT2D eigenvalue weighted by molar-refractivity contribution is 9.10. The number of nitrogen functional groups attached to an aromatic ring is 1. The molecule has 10 heteroatoms. The highest BCUT2D eigenvalue weighted by Gasteiger charge is 2.22. The summed E-state index contributed by atoms with van der Waals surface area (Å²) in [5.41, 5.74) is 7.15. The first-order valence-corrected chi connectivity index (χ1v) is 10.4. The fourth-order valence-electron chi connectivity index (χ4n) is 2.96. The van der Waals surface area contributed by atoms with Crippen molar-refractivity contribution in [1.82, 2.24) is 14.7 Å². The zero-order chi connectivity index (χ0) is 21.7. The lowest BCUT2D eigenvalue weighted by Crippen LogP contribution is -2.42. The number of halogens is 1. The maximum absolute atomic E-state index is 12.8. The average molecular weight is 479 g/mol. The van der Waals surface area contributed by atoms with E-state index < -0.39 is 0 Å². The van der Waals surface area contributed by atoms with Crippen molar-refractivity contribution in [2.24, 2.45) is 0 Å². The number of unbranched alkanes of at least 4 members (excludes halogenated alkanes) is 2. The minimum absolute atomic E-state index is 0.0518. The second kappa shape index (κ2) is 9.75. The van der Waals surface area contributed by atoms with Gasteiger partial charge in [0.15, 0.2) is 23.8 Å². The molecule has 3 rings (SSSR count). The Kier molecular flexibility index (Phi) is 7.09. The number of carbonyl (C=O) groups excluding carboxylic acids is 1. The van der Waals surface area contributed by atoms with Crippen molar-refractivity contribution in [2.45, 2.75) is 32.7 Å². The van der Waals surface area contributed by atoms with Crippen molar-refractivity contribution in [2.75, 3.05) is 26.6 Å². The summed E-state index contributed by atoms with van der Waals surface area (Å²) in [5.74, 6) is 1.48. The van der Waals surface area contributed by atoms with Crippen LogP contribution in [0.5, 0.6) is 17.4 Å². The summed E-state index contributed by atoms with van der Waals surface area (Å²) in [6.07, 6.45) is 3.18. The standard InChI is InChI=1S/C20H24BrN5O4/c1-4-5-6-9-30-18-8-7-17-23-25(20(22)26(17)24-18)12-15(27)13-10-14(21)19(29-3)16(11-13)28-2/h7-8,10-11,22H,4-6,9,12H2,1-3H3/p+1. The van der Waals surface area contributed by atoms with Gasteiger partial charge in [-0.3, -0.25) is 10.5 Å². The number of carbonyl (C=O) groups is 1. The largest absolute Gasteiger partial charge is 0.493 e. The van der Waals surface area contributed by atoms with Gasteiger partial charge in [0.1, 0.15) is 0 Å². The molecule has 0 saturated carbocycles. The second-order valence-electron chi connectivity index (χ2n) is 6.63. The van der Waals surface area contributed by atoms with Gasteiger partial charge in [-0.2, -0.15) is 0 Å². The molecule has 30 heavy (non-hydrogen) atoms. The molecular formula is C20H25BrN5O4+. The number of hydrogen-bond acceptors (Lipinski definition) is 7. The topological polar surface area (TPSA) is 105 Å². The van der Waals surface area contributed by atoms with Crippen molar-refractivity contribution in [3.63, 3.8) is 0 Å². The van der Waals surface area contributed by atoms with Crippen molar-refractivity contribution >= 4 is 33.3 Å². The SMILES string of the molecule is CCCCCOc1ccc2n[n+](CC(=O)c3cc(Br)c(OC)c(OC)c3)c(N)n2n1. The molecule has 1 aromatic carbocycles. The lowest BCUT2D eigenvalue weighted by atomic mass is 10.1. The van der Waals surface area contributed by atoms with E-state index in [2.05, 4.69) is 33.1 Å². The van der Waals surface area contributed by atoms with Gasteiger partial charge >= 0.3 is 5.95 Å². The Morgan fingerprint density at radius 2 is 2.03 bits per heavy atom. The zero-order valence-corrected chi connectivity index (χ0v) is 18.8. The molecule has 160 valence electrons. The van der Waals surface area contributed by atoms with E-state index in [0.29, 0.717) is 39.7 Å².